The molecule has 0 radical (unpaired) electrons. The number of aliphatic hydroxyl groups is 1. The topological polar surface area (TPSA) is 104 Å². The molecule has 0 saturated carbocycles. The molecule has 4 atom stereocenters. The number of ether oxygens (including phenoxy) is 1. The minimum absolute atomic E-state index is 0.0526. The number of aliphatic hydroxyl groups excluding tert-OH is 1. The van der Waals surface area contributed by atoms with Gasteiger partial charge in [-0.2, -0.15) is 0 Å². The molecule has 1 aromatic heterocycles. The van der Waals surface area contributed by atoms with Crippen LogP contribution in [0.4, 0.5) is 0 Å². The van der Waals surface area contributed by atoms with E-state index < -0.39 is 12.1 Å². The van der Waals surface area contributed by atoms with Gasteiger partial charge in [-0.05, 0) is 76.1 Å². The zero-order chi connectivity index (χ0) is 28.3. The Hall–Kier alpha value is -3.27. The molecule has 2 saturated heterocycles. The van der Waals surface area contributed by atoms with E-state index in [0.717, 1.165) is 66.9 Å². The van der Waals surface area contributed by atoms with E-state index >= 15 is 0 Å². The van der Waals surface area contributed by atoms with E-state index in [-0.39, 0.29) is 23.9 Å². The molecule has 2 amide bonds. The van der Waals surface area contributed by atoms with Crippen molar-refractivity contribution in [1.29, 1.82) is 0 Å². The third-order valence-electron chi connectivity index (χ3n) is 8.50. The number of nitrogens with zero attached hydrogens (tertiary/aromatic N) is 2. The van der Waals surface area contributed by atoms with Crippen LogP contribution in [0.25, 0.3) is 0 Å². The van der Waals surface area contributed by atoms with Gasteiger partial charge in [0.05, 0.1) is 24.8 Å². The number of hydrogen-bond acceptors (Lipinski definition) is 7. The number of likely N-dealkylation sites (tertiary alicyclic amines) is 1. The maximum Gasteiger partial charge on any atom is 0.254 e. The first kappa shape index (κ1) is 27.9. The average Bonchev–Trinajstić information content (AvgIpc) is 3.78. The number of thiazole rings is 1. The third-order valence-corrected chi connectivity index (χ3v) is 9.57. The summed E-state index contributed by atoms with van der Waals surface area (Å²) in [5.41, 5.74) is 3.78. The highest BCUT2D eigenvalue weighted by Gasteiger charge is 2.36. The van der Waals surface area contributed by atoms with Crippen molar-refractivity contribution in [2.24, 2.45) is 0 Å². The van der Waals surface area contributed by atoms with Crippen LogP contribution in [0.1, 0.15) is 80.7 Å². The van der Waals surface area contributed by atoms with Crippen molar-refractivity contribution in [3.05, 3.63) is 80.8 Å². The number of aromatic nitrogens is 1. The quantitative estimate of drug-likeness (QED) is 0.373. The molecule has 4 heterocycles. The van der Waals surface area contributed by atoms with Crippen LogP contribution in [0.2, 0.25) is 0 Å². The molecular formula is C32H38N4O4S. The van der Waals surface area contributed by atoms with Gasteiger partial charge in [0.25, 0.3) is 11.8 Å². The lowest BCUT2D eigenvalue weighted by molar-refractivity contribution is 0.0730. The maximum absolute atomic E-state index is 14.1. The summed E-state index contributed by atoms with van der Waals surface area (Å²) in [6.07, 6.45) is 4.98. The first-order valence-corrected chi connectivity index (χ1v) is 15.6. The average molecular weight is 575 g/mol. The maximum atomic E-state index is 14.1. The zero-order valence-electron chi connectivity index (χ0n) is 23.5. The van der Waals surface area contributed by atoms with E-state index in [1.807, 2.05) is 47.5 Å². The lowest BCUT2D eigenvalue weighted by atomic mass is 9.93. The molecule has 3 aliphatic heterocycles. The van der Waals surface area contributed by atoms with Crippen LogP contribution in [0, 0.1) is 6.92 Å². The summed E-state index contributed by atoms with van der Waals surface area (Å²) in [6, 6.07) is 12.8. The Kier molecular flexibility index (Phi) is 8.37. The highest BCUT2D eigenvalue weighted by Crippen LogP contribution is 2.37. The number of hydrogen-bond donors (Lipinski definition) is 3. The number of benzene rings is 2. The largest absolute Gasteiger partial charge is 0.493 e. The van der Waals surface area contributed by atoms with Gasteiger partial charge in [-0.25, -0.2) is 4.98 Å². The number of nitrogens with one attached hydrogen (secondary N) is 2. The smallest absolute Gasteiger partial charge is 0.254 e. The summed E-state index contributed by atoms with van der Waals surface area (Å²) < 4.78 is 5.99. The highest BCUT2D eigenvalue weighted by molar-refractivity contribution is 7.09. The minimum Gasteiger partial charge on any atom is -0.493 e. The zero-order valence-corrected chi connectivity index (χ0v) is 24.3. The normalized spacial score (nSPS) is 21.7. The van der Waals surface area contributed by atoms with Crippen LogP contribution in [-0.2, 0) is 12.8 Å². The number of rotatable bonds is 8. The fraction of sp³-hybridized carbons (Fsp3) is 0.469. The Morgan fingerprint density at radius 3 is 2.80 bits per heavy atom. The summed E-state index contributed by atoms with van der Waals surface area (Å²) in [5, 5.41) is 20.8. The summed E-state index contributed by atoms with van der Waals surface area (Å²) in [5.74, 6) is 0.209. The Bertz CT molecular complexity index is 1390. The van der Waals surface area contributed by atoms with Crippen LogP contribution in [0.3, 0.4) is 0 Å². The van der Waals surface area contributed by atoms with Gasteiger partial charge >= 0.3 is 0 Å². The molecule has 216 valence electrons. The lowest BCUT2D eigenvalue weighted by Crippen LogP contribution is -2.52. The van der Waals surface area contributed by atoms with Gasteiger partial charge < -0.3 is 25.4 Å². The fourth-order valence-corrected chi connectivity index (χ4v) is 7.33. The molecule has 8 nitrogen and oxygen atoms in total. The molecule has 3 aliphatic rings. The molecule has 0 bridgehead atoms. The molecular weight excluding hydrogens is 536 g/mol. The molecule has 0 aliphatic carbocycles. The molecule has 2 fully saturated rings. The summed E-state index contributed by atoms with van der Waals surface area (Å²) in [6.45, 7) is 4.05. The Morgan fingerprint density at radius 1 is 1.20 bits per heavy atom. The molecule has 6 rings (SSSR count). The van der Waals surface area contributed by atoms with Crippen LogP contribution < -0.4 is 15.4 Å². The summed E-state index contributed by atoms with van der Waals surface area (Å²) >= 11 is 1.60. The summed E-state index contributed by atoms with van der Waals surface area (Å²) in [7, 11) is 0. The molecule has 9 heteroatoms. The van der Waals surface area contributed by atoms with E-state index in [9.17, 15) is 14.7 Å². The van der Waals surface area contributed by atoms with Crippen LogP contribution >= 0.6 is 11.3 Å². The molecule has 2 aromatic carbocycles. The van der Waals surface area contributed by atoms with Crippen molar-refractivity contribution in [3.63, 3.8) is 0 Å². The molecule has 3 N–H and O–H groups in total. The van der Waals surface area contributed by atoms with E-state index in [4.69, 9.17) is 4.74 Å². The minimum atomic E-state index is -0.747. The number of carbonyl (C=O) groups is 2. The van der Waals surface area contributed by atoms with Crippen molar-refractivity contribution in [3.8, 4) is 5.75 Å². The number of fused-ring (bicyclic) bond motifs is 1. The number of aryl methyl sites for hydroxylation is 1. The van der Waals surface area contributed by atoms with Gasteiger partial charge in [-0.15, -0.1) is 11.3 Å². The fourth-order valence-electron chi connectivity index (χ4n) is 6.39. The van der Waals surface area contributed by atoms with Crippen molar-refractivity contribution in [2.75, 3.05) is 19.7 Å². The van der Waals surface area contributed by atoms with Crippen molar-refractivity contribution < 1.29 is 19.4 Å². The highest BCUT2D eigenvalue weighted by atomic mass is 32.1. The standard InChI is InChI=1S/C32H38N4O4S/c1-20-19-41-31(34-20)27-12-6-14-36(27)32(39)24-17-22(18-28-23(24)10-7-15-40-28)30(38)35-26(16-21-8-3-2-4-9-21)29(37)25-11-5-13-33-25/h2-4,8-9,17-19,25-27,29,33,37H,5-7,10-16H2,1H3,(H,35,38). The molecule has 3 aromatic rings. The van der Waals surface area contributed by atoms with E-state index in [1.165, 1.54) is 0 Å². The summed E-state index contributed by atoms with van der Waals surface area (Å²) in [4.78, 5) is 34.5. The molecule has 4 unspecified atom stereocenters. The van der Waals surface area contributed by atoms with E-state index in [1.54, 1.807) is 23.5 Å². The van der Waals surface area contributed by atoms with Gasteiger partial charge in [0, 0.05) is 40.4 Å². The van der Waals surface area contributed by atoms with E-state index in [0.29, 0.717) is 36.4 Å². The number of carbonyl (C=O) groups excluding carboxylic acids is 2. The van der Waals surface area contributed by atoms with Crippen molar-refractivity contribution in [2.45, 2.75) is 76.1 Å². The van der Waals surface area contributed by atoms with Gasteiger partial charge in [-0.3, -0.25) is 9.59 Å². The Morgan fingerprint density at radius 2 is 2.05 bits per heavy atom. The third kappa shape index (κ3) is 6.03. The van der Waals surface area contributed by atoms with Gasteiger partial charge in [-0.1, -0.05) is 30.3 Å². The lowest BCUT2D eigenvalue weighted by Gasteiger charge is -2.29. The molecule has 41 heavy (non-hydrogen) atoms. The SMILES string of the molecule is Cc1csc(C2CCCN2C(=O)c2cc(C(=O)NC(Cc3ccccc3)C(O)C3CCCN3)cc3c2CCCO3)n1. The van der Waals surface area contributed by atoms with E-state index in [2.05, 4.69) is 15.6 Å². The van der Waals surface area contributed by atoms with Gasteiger partial charge in [0.1, 0.15) is 10.8 Å². The Balaban J connectivity index is 1.29. The van der Waals surface area contributed by atoms with Crippen molar-refractivity contribution in [1.82, 2.24) is 20.5 Å². The molecule has 0 spiro atoms. The first-order valence-electron chi connectivity index (χ1n) is 14.8. The predicted molar refractivity (Wildman–Crippen MR) is 159 cm³/mol. The second-order valence-corrected chi connectivity index (χ2v) is 12.3. The van der Waals surface area contributed by atoms with Crippen LogP contribution in [0.5, 0.6) is 5.75 Å². The second-order valence-electron chi connectivity index (χ2n) is 11.4. The van der Waals surface area contributed by atoms with Crippen LogP contribution in [0.15, 0.2) is 47.8 Å². The number of amides is 2. The van der Waals surface area contributed by atoms with Gasteiger partial charge in [0.15, 0.2) is 0 Å². The predicted octanol–water partition coefficient (Wildman–Crippen LogP) is 4.21. The Labute approximate surface area is 245 Å². The second kappa shape index (κ2) is 12.3. The van der Waals surface area contributed by atoms with Crippen molar-refractivity contribution >= 4 is 23.2 Å². The van der Waals surface area contributed by atoms with Crippen LogP contribution in [-0.4, -0.2) is 64.7 Å². The monoisotopic (exact) mass is 574 g/mol. The first-order chi connectivity index (χ1) is 20.0. The van der Waals surface area contributed by atoms with Gasteiger partial charge in [0.2, 0.25) is 0 Å².